The summed E-state index contributed by atoms with van der Waals surface area (Å²) in [6.45, 7) is 8.64. The first kappa shape index (κ1) is 19.2. The van der Waals surface area contributed by atoms with Gasteiger partial charge in [0.25, 0.3) is 10.0 Å². The topological polar surface area (TPSA) is 93.6 Å². The average Bonchev–Trinajstić information content (AvgIpc) is 2.90. The molecule has 0 radical (unpaired) electrons. The van der Waals surface area contributed by atoms with Crippen molar-refractivity contribution in [1.82, 2.24) is 14.5 Å². The van der Waals surface area contributed by atoms with Crippen LogP contribution in [0.4, 0.5) is 0 Å². The van der Waals surface area contributed by atoms with Gasteiger partial charge in [0.1, 0.15) is 0 Å². The van der Waals surface area contributed by atoms with Crippen LogP contribution < -0.4 is 5.32 Å². The third kappa shape index (κ3) is 4.31. The lowest BCUT2D eigenvalue weighted by molar-refractivity contribution is -0.118. The van der Waals surface area contributed by atoms with E-state index in [0.29, 0.717) is 19.5 Å². The van der Waals surface area contributed by atoms with E-state index < -0.39 is 10.0 Å². The van der Waals surface area contributed by atoms with E-state index in [1.807, 2.05) is 20.8 Å². The van der Waals surface area contributed by atoms with Gasteiger partial charge in [-0.25, -0.2) is 12.7 Å². The van der Waals surface area contributed by atoms with E-state index in [1.54, 1.807) is 29.2 Å². The van der Waals surface area contributed by atoms with Crippen molar-refractivity contribution >= 4 is 21.9 Å². The Morgan fingerprint density at radius 2 is 1.80 bits per heavy atom. The second kappa shape index (κ2) is 7.03. The minimum Gasteiger partial charge on any atom is -0.356 e. The SMILES string of the molecule is CC(=O)NCCc1ccc(S(=O)(=O)N2CCN(C(C)(C)C)C2=N)cc1. The standard InChI is InChI=1S/C17H26N4O3S/c1-13(22)19-10-9-14-5-7-15(8-6-14)25(23,24)21-12-11-20(16(21)18)17(2,3)4/h5-8,18H,9-12H2,1-4H3,(H,19,22). The molecule has 2 N–H and O–H groups in total. The summed E-state index contributed by atoms with van der Waals surface area (Å²) in [5.41, 5.74) is 0.648. The summed E-state index contributed by atoms with van der Waals surface area (Å²) in [6.07, 6.45) is 0.636. The van der Waals surface area contributed by atoms with Crippen LogP contribution in [0.25, 0.3) is 0 Å². The van der Waals surface area contributed by atoms with Crippen LogP contribution in [0.3, 0.4) is 0 Å². The maximum Gasteiger partial charge on any atom is 0.266 e. The molecule has 1 aliphatic rings. The summed E-state index contributed by atoms with van der Waals surface area (Å²) >= 11 is 0. The van der Waals surface area contributed by atoms with Crippen molar-refractivity contribution < 1.29 is 13.2 Å². The van der Waals surface area contributed by atoms with E-state index in [1.165, 1.54) is 6.92 Å². The summed E-state index contributed by atoms with van der Waals surface area (Å²) in [5, 5.41) is 10.9. The van der Waals surface area contributed by atoms with Crippen molar-refractivity contribution in [3.05, 3.63) is 29.8 Å². The molecule has 8 heteroatoms. The summed E-state index contributed by atoms with van der Waals surface area (Å²) in [5.74, 6) is -0.0719. The molecule has 1 aliphatic heterocycles. The number of hydrogen-bond donors (Lipinski definition) is 2. The molecule has 0 spiro atoms. The van der Waals surface area contributed by atoms with Crippen molar-refractivity contribution in [1.29, 1.82) is 5.41 Å². The van der Waals surface area contributed by atoms with Gasteiger partial charge in [0.05, 0.1) is 11.4 Å². The summed E-state index contributed by atoms with van der Waals surface area (Å²) in [6, 6.07) is 6.61. The molecule has 0 saturated carbocycles. The summed E-state index contributed by atoms with van der Waals surface area (Å²) in [7, 11) is -3.73. The Labute approximate surface area is 149 Å². The average molecular weight is 366 g/mol. The number of nitrogens with zero attached hydrogens (tertiary/aromatic N) is 2. The molecule has 0 atom stereocenters. The van der Waals surface area contributed by atoms with Gasteiger partial charge in [-0.3, -0.25) is 10.2 Å². The Hall–Kier alpha value is -2.09. The van der Waals surface area contributed by atoms with Crippen molar-refractivity contribution in [3.8, 4) is 0 Å². The van der Waals surface area contributed by atoms with Crippen molar-refractivity contribution in [2.24, 2.45) is 0 Å². The fourth-order valence-electron chi connectivity index (χ4n) is 2.76. The molecule has 1 amide bonds. The smallest absolute Gasteiger partial charge is 0.266 e. The van der Waals surface area contributed by atoms with Gasteiger partial charge in [0, 0.05) is 25.6 Å². The molecule has 7 nitrogen and oxygen atoms in total. The molecule has 1 saturated heterocycles. The number of nitrogens with one attached hydrogen (secondary N) is 2. The maximum atomic E-state index is 12.8. The third-order valence-electron chi connectivity index (χ3n) is 4.13. The fourth-order valence-corrected chi connectivity index (χ4v) is 4.15. The molecule has 1 aromatic rings. The first-order chi connectivity index (χ1) is 11.5. The number of carbonyl (C=O) groups is 1. The van der Waals surface area contributed by atoms with Crippen molar-refractivity contribution in [3.63, 3.8) is 0 Å². The molecular weight excluding hydrogens is 340 g/mol. The highest BCUT2D eigenvalue weighted by molar-refractivity contribution is 7.89. The van der Waals surface area contributed by atoms with Crippen molar-refractivity contribution in [2.75, 3.05) is 19.6 Å². The second-order valence-electron chi connectivity index (χ2n) is 7.10. The molecule has 0 bridgehead atoms. The maximum absolute atomic E-state index is 12.8. The molecule has 138 valence electrons. The zero-order valence-electron chi connectivity index (χ0n) is 15.2. The van der Waals surface area contributed by atoms with Crippen molar-refractivity contribution in [2.45, 2.75) is 44.6 Å². The highest BCUT2D eigenvalue weighted by Crippen LogP contribution is 2.25. The van der Waals surface area contributed by atoms with Crippen LogP contribution >= 0.6 is 0 Å². The van der Waals surface area contributed by atoms with Gasteiger partial charge >= 0.3 is 0 Å². The highest BCUT2D eigenvalue weighted by Gasteiger charge is 2.39. The lowest BCUT2D eigenvalue weighted by Gasteiger charge is -2.33. The first-order valence-corrected chi connectivity index (χ1v) is 9.70. The summed E-state index contributed by atoms with van der Waals surface area (Å²) < 4.78 is 26.8. The quantitative estimate of drug-likeness (QED) is 0.824. The van der Waals surface area contributed by atoms with E-state index >= 15 is 0 Å². The Bertz CT molecular complexity index is 751. The zero-order valence-corrected chi connectivity index (χ0v) is 16.0. The number of hydrogen-bond acceptors (Lipinski definition) is 4. The highest BCUT2D eigenvalue weighted by atomic mass is 32.2. The molecule has 0 aliphatic carbocycles. The van der Waals surface area contributed by atoms with Crippen LogP contribution in [0.15, 0.2) is 29.2 Å². The number of rotatable bonds is 5. The van der Waals surface area contributed by atoms with Gasteiger partial charge in [-0.2, -0.15) is 0 Å². The number of guanidine groups is 1. The number of sulfonamides is 1. The van der Waals surface area contributed by atoms with E-state index in [9.17, 15) is 13.2 Å². The molecule has 2 rings (SSSR count). The van der Waals surface area contributed by atoms with Gasteiger partial charge in [-0.15, -0.1) is 0 Å². The predicted octanol–water partition coefficient (Wildman–Crippen LogP) is 1.40. The predicted molar refractivity (Wildman–Crippen MR) is 96.9 cm³/mol. The fraction of sp³-hybridized carbons (Fsp3) is 0.529. The van der Waals surface area contributed by atoms with E-state index in [-0.39, 0.29) is 28.8 Å². The Kier molecular flexibility index (Phi) is 5.41. The van der Waals surface area contributed by atoms with E-state index in [2.05, 4.69) is 5.32 Å². The molecule has 1 heterocycles. The lowest BCUT2D eigenvalue weighted by atomic mass is 10.1. The second-order valence-corrected chi connectivity index (χ2v) is 8.96. The minimum absolute atomic E-state index is 0.0160. The van der Waals surface area contributed by atoms with Gasteiger partial charge in [-0.1, -0.05) is 12.1 Å². The van der Waals surface area contributed by atoms with Crippen LogP contribution in [0, 0.1) is 5.41 Å². The Morgan fingerprint density at radius 3 is 2.28 bits per heavy atom. The molecule has 1 fully saturated rings. The number of benzene rings is 1. The largest absolute Gasteiger partial charge is 0.356 e. The van der Waals surface area contributed by atoms with Crippen LogP contribution in [-0.2, 0) is 21.2 Å². The normalized spacial score (nSPS) is 15.6. The molecular formula is C17H26N4O3S. The van der Waals surface area contributed by atoms with Crippen LogP contribution in [-0.4, -0.2) is 54.7 Å². The van der Waals surface area contributed by atoms with Crippen LogP contribution in [0.5, 0.6) is 0 Å². The van der Waals surface area contributed by atoms with E-state index in [0.717, 1.165) is 9.87 Å². The Morgan fingerprint density at radius 1 is 1.20 bits per heavy atom. The molecule has 0 aromatic heterocycles. The van der Waals surface area contributed by atoms with Crippen LogP contribution in [0.2, 0.25) is 0 Å². The monoisotopic (exact) mass is 366 g/mol. The van der Waals surface area contributed by atoms with Gasteiger partial charge in [-0.05, 0) is 44.9 Å². The molecule has 25 heavy (non-hydrogen) atoms. The van der Waals surface area contributed by atoms with Gasteiger partial charge in [0.2, 0.25) is 11.9 Å². The Balaban J connectivity index is 2.12. The zero-order chi connectivity index (χ0) is 18.8. The molecule has 1 aromatic carbocycles. The summed E-state index contributed by atoms with van der Waals surface area (Å²) in [4.78, 5) is 12.8. The number of amides is 1. The number of carbonyl (C=O) groups excluding carboxylic acids is 1. The third-order valence-corrected chi connectivity index (χ3v) is 5.93. The molecule has 0 unspecified atom stereocenters. The van der Waals surface area contributed by atoms with Gasteiger partial charge < -0.3 is 10.2 Å². The van der Waals surface area contributed by atoms with E-state index in [4.69, 9.17) is 5.41 Å². The lowest BCUT2D eigenvalue weighted by Crippen LogP contribution is -2.45. The van der Waals surface area contributed by atoms with Gasteiger partial charge in [0.15, 0.2) is 0 Å². The first-order valence-electron chi connectivity index (χ1n) is 8.26. The minimum atomic E-state index is -3.73. The van der Waals surface area contributed by atoms with Crippen LogP contribution in [0.1, 0.15) is 33.3 Å².